The summed E-state index contributed by atoms with van der Waals surface area (Å²) < 4.78 is 1.71. The summed E-state index contributed by atoms with van der Waals surface area (Å²) in [6.45, 7) is 0.535. The van der Waals surface area contributed by atoms with Crippen LogP contribution in [0.2, 0.25) is 0 Å². The molecule has 0 unspecified atom stereocenters. The maximum atomic E-state index is 11.3. The number of hydrogen-bond acceptors (Lipinski definition) is 4. The fourth-order valence-corrected chi connectivity index (χ4v) is 2.88. The van der Waals surface area contributed by atoms with Crippen molar-refractivity contribution in [1.82, 2.24) is 14.7 Å². The van der Waals surface area contributed by atoms with Gasteiger partial charge in [0.2, 0.25) is 0 Å². The van der Waals surface area contributed by atoms with Crippen molar-refractivity contribution in [3.63, 3.8) is 0 Å². The zero-order valence-corrected chi connectivity index (χ0v) is 11.2. The molecule has 1 fully saturated rings. The van der Waals surface area contributed by atoms with Gasteiger partial charge in [-0.15, -0.1) is 0 Å². The van der Waals surface area contributed by atoms with Gasteiger partial charge in [0.25, 0.3) is 0 Å². The van der Waals surface area contributed by atoms with E-state index in [1.807, 2.05) is 0 Å². The Kier molecular flexibility index (Phi) is 3.31. The second-order valence-corrected chi connectivity index (χ2v) is 5.22. The van der Waals surface area contributed by atoms with E-state index in [0.717, 1.165) is 0 Å². The first-order chi connectivity index (χ1) is 9.66. The number of pyridine rings is 1. The van der Waals surface area contributed by atoms with Gasteiger partial charge in [-0.3, -0.25) is 4.40 Å². The van der Waals surface area contributed by atoms with Gasteiger partial charge < -0.3 is 16.2 Å². The van der Waals surface area contributed by atoms with Crippen molar-refractivity contribution in [2.75, 3.05) is 5.73 Å². The molecule has 1 saturated carbocycles. The average molecular weight is 274 g/mol. The van der Waals surface area contributed by atoms with Gasteiger partial charge in [-0.25, -0.2) is 9.78 Å². The number of nitrogens with zero attached hydrogens (tertiary/aromatic N) is 2. The van der Waals surface area contributed by atoms with E-state index in [4.69, 9.17) is 5.73 Å². The van der Waals surface area contributed by atoms with E-state index in [1.54, 1.807) is 22.6 Å². The SMILES string of the molecule is Nc1cccc2c(C(=O)O)nc(CNC3CCCC3)n12. The third-order valence-corrected chi connectivity index (χ3v) is 3.87. The lowest BCUT2D eigenvalue weighted by Crippen LogP contribution is -2.26. The molecule has 2 aromatic heterocycles. The number of hydrogen-bond donors (Lipinski definition) is 3. The van der Waals surface area contributed by atoms with E-state index < -0.39 is 5.97 Å². The van der Waals surface area contributed by atoms with Crippen molar-refractivity contribution < 1.29 is 9.90 Å². The fraction of sp³-hybridized carbons (Fsp3) is 0.429. The van der Waals surface area contributed by atoms with Gasteiger partial charge in [-0.2, -0.15) is 0 Å². The molecule has 0 saturated heterocycles. The predicted molar refractivity (Wildman–Crippen MR) is 75.7 cm³/mol. The molecule has 2 aromatic rings. The first-order valence-electron chi connectivity index (χ1n) is 6.89. The predicted octanol–water partition coefficient (Wildman–Crippen LogP) is 1.65. The number of carbonyl (C=O) groups is 1. The topological polar surface area (TPSA) is 92.7 Å². The van der Waals surface area contributed by atoms with E-state index >= 15 is 0 Å². The highest BCUT2D eigenvalue weighted by Crippen LogP contribution is 2.20. The molecule has 1 aliphatic carbocycles. The fourth-order valence-electron chi connectivity index (χ4n) is 2.88. The van der Waals surface area contributed by atoms with Gasteiger partial charge in [0.15, 0.2) is 5.69 Å². The minimum absolute atomic E-state index is 0.0560. The first kappa shape index (κ1) is 12.9. The first-order valence-corrected chi connectivity index (χ1v) is 6.89. The number of nitrogens with one attached hydrogen (secondary N) is 1. The van der Waals surface area contributed by atoms with Crippen LogP contribution in [0.15, 0.2) is 18.2 Å². The van der Waals surface area contributed by atoms with Crippen LogP contribution in [0, 0.1) is 0 Å². The van der Waals surface area contributed by atoms with Crippen LogP contribution in [0.4, 0.5) is 5.82 Å². The molecule has 0 amide bonds. The summed E-state index contributed by atoms with van der Waals surface area (Å²) in [5.74, 6) is 0.133. The molecule has 0 bridgehead atoms. The van der Waals surface area contributed by atoms with Gasteiger partial charge >= 0.3 is 5.97 Å². The Labute approximate surface area is 116 Å². The summed E-state index contributed by atoms with van der Waals surface area (Å²) in [4.78, 5) is 15.5. The van der Waals surface area contributed by atoms with Crippen LogP contribution >= 0.6 is 0 Å². The largest absolute Gasteiger partial charge is 0.476 e. The summed E-state index contributed by atoms with van der Waals surface area (Å²) in [5, 5.41) is 12.7. The third-order valence-electron chi connectivity index (χ3n) is 3.87. The maximum Gasteiger partial charge on any atom is 0.356 e. The summed E-state index contributed by atoms with van der Waals surface area (Å²) in [7, 11) is 0. The lowest BCUT2D eigenvalue weighted by Gasteiger charge is -2.11. The van der Waals surface area contributed by atoms with E-state index in [-0.39, 0.29) is 5.69 Å². The second-order valence-electron chi connectivity index (χ2n) is 5.22. The van der Waals surface area contributed by atoms with E-state index in [2.05, 4.69) is 10.3 Å². The van der Waals surface area contributed by atoms with Crippen LogP contribution in [0.3, 0.4) is 0 Å². The molecule has 6 nitrogen and oxygen atoms in total. The van der Waals surface area contributed by atoms with Crippen LogP contribution in [0.5, 0.6) is 0 Å². The minimum Gasteiger partial charge on any atom is -0.476 e. The van der Waals surface area contributed by atoms with Gasteiger partial charge in [-0.05, 0) is 25.0 Å². The lowest BCUT2D eigenvalue weighted by atomic mass is 10.2. The smallest absolute Gasteiger partial charge is 0.356 e. The molecule has 0 aromatic carbocycles. The highest BCUT2D eigenvalue weighted by Gasteiger charge is 2.19. The Bertz CT molecular complexity index is 644. The van der Waals surface area contributed by atoms with Crippen molar-refractivity contribution in [2.45, 2.75) is 38.3 Å². The molecule has 0 radical (unpaired) electrons. The zero-order valence-electron chi connectivity index (χ0n) is 11.2. The van der Waals surface area contributed by atoms with E-state index in [1.165, 1.54) is 25.7 Å². The Morgan fingerprint density at radius 1 is 1.45 bits per heavy atom. The molecular weight excluding hydrogens is 256 g/mol. The van der Waals surface area contributed by atoms with Crippen molar-refractivity contribution >= 4 is 17.3 Å². The minimum atomic E-state index is -1.03. The number of carboxylic acid groups (broad SMARTS) is 1. The quantitative estimate of drug-likeness (QED) is 0.788. The Morgan fingerprint density at radius 3 is 2.90 bits per heavy atom. The number of imidazole rings is 1. The highest BCUT2D eigenvalue weighted by molar-refractivity contribution is 5.94. The summed E-state index contributed by atoms with van der Waals surface area (Å²) >= 11 is 0. The number of aromatic carboxylic acids is 1. The molecule has 0 atom stereocenters. The Hall–Kier alpha value is -2.08. The monoisotopic (exact) mass is 274 g/mol. The van der Waals surface area contributed by atoms with Gasteiger partial charge in [0.05, 0.1) is 12.1 Å². The van der Waals surface area contributed by atoms with Crippen LogP contribution in [-0.2, 0) is 6.54 Å². The van der Waals surface area contributed by atoms with Crippen molar-refractivity contribution in [2.24, 2.45) is 0 Å². The van der Waals surface area contributed by atoms with Crippen molar-refractivity contribution in [3.8, 4) is 0 Å². The normalized spacial score (nSPS) is 16.0. The molecule has 20 heavy (non-hydrogen) atoms. The van der Waals surface area contributed by atoms with Gasteiger partial charge in [0, 0.05) is 6.04 Å². The summed E-state index contributed by atoms with van der Waals surface area (Å²) in [6, 6.07) is 5.72. The standard InChI is InChI=1S/C14H18N4O2/c15-11-7-3-6-10-13(14(19)20)17-12(18(10)11)8-16-9-4-1-2-5-9/h3,6-7,9,16H,1-2,4-5,8,15H2,(H,19,20). The maximum absolute atomic E-state index is 11.3. The number of anilines is 1. The zero-order chi connectivity index (χ0) is 14.1. The summed E-state index contributed by atoms with van der Waals surface area (Å²) in [5.41, 5.74) is 6.55. The average Bonchev–Trinajstić information content (AvgIpc) is 3.04. The van der Waals surface area contributed by atoms with Gasteiger partial charge in [0.1, 0.15) is 11.6 Å². The number of aromatic nitrogens is 2. The number of fused-ring (bicyclic) bond motifs is 1. The van der Waals surface area contributed by atoms with Crippen LogP contribution in [-0.4, -0.2) is 26.5 Å². The molecule has 0 aliphatic heterocycles. The lowest BCUT2D eigenvalue weighted by molar-refractivity contribution is 0.0693. The number of nitrogen functional groups attached to an aromatic ring is 1. The molecule has 106 valence electrons. The molecule has 1 aliphatic rings. The Balaban J connectivity index is 1.94. The van der Waals surface area contributed by atoms with Crippen LogP contribution < -0.4 is 11.1 Å². The third kappa shape index (κ3) is 2.22. The molecule has 2 heterocycles. The summed E-state index contributed by atoms with van der Waals surface area (Å²) in [6.07, 6.45) is 4.85. The number of carboxylic acids is 1. The van der Waals surface area contributed by atoms with Crippen LogP contribution in [0.25, 0.3) is 5.52 Å². The Morgan fingerprint density at radius 2 is 2.20 bits per heavy atom. The van der Waals surface area contributed by atoms with Crippen molar-refractivity contribution in [3.05, 3.63) is 29.7 Å². The highest BCUT2D eigenvalue weighted by atomic mass is 16.4. The van der Waals surface area contributed by atoms with Crippen LogP contribution in [0.1, 0.15) is 42.0 Å². The second kappa shape index (κ2) is 5.13. The number of rotatable bonds is 4. The molecule has 6 heteroatoms. The van der Waals surface area contributed by atoms with E-state index in [9.17, 15) is 9.90 Å². The molecule has 0 spiro atoms. The number of nitrogens with two attached hydrogens (primary N) is 1. The van der Waals surface area contributed by atoms with Gasteiger partial charge in [-0.1, -0.05) is 18.9 Å². The van der Waals surface area contributed by atoms with Crippen molar-refractivity contribution in [1.29, 1.82) is 0 Å². The van der Waals surface area contributed by atoms with E-state index in [0.29, 0.717) is 29.7 Å². The molecular formula is C14H18N4O2. The molecule has 3 rings (SSSR count). The molecule has 4 N–H and O–H groups in total.